The van der Waals surface area contributed by atoms with Crippen LogP contribution >= 0.6 is 0 Å². The van der Waals surface area contributed by atoms with Gasteiger partial charge in [0.05, 0.1) is 5.56 Å². The molecule has 10 heteroatoms. The highest BCUT2D eigenvalue weighted by atomic mass is 19.1. The lowest BCUT2D eigenvalue weighted by Gasteiger charge is -2.35. The number of aromatic amines is 1. The third-order valence-corrected chi connectivity index (χ3v) is 8.35. The fourth-order valence-electron chi connectivity index (χ4n) is 5.82. The minimum atomic E-state index is -0.979. The van der Waals surface area contributed by atoms with E-state index in [1.807, 2.05) is 53.4 Å². The molecule has 238 valence electrons. The summed E-state index contributed by atoms with van der Waals surface area (Å²) in [4.78, 5) is 45.5. The zero-order chi connectivity index (χ0) is 32.9. The number of H-pyrrole nitrogens is 1. The number of benzene rings is 3. The number of piperazine rings is 1. The summed E-state index contributed by atoms with van der Waals surface area (Å²) in [7, 11) is 0. The number of aliphatic hydroxyl groups is 1. The van der Waals surface area contributed by atoms with Gasteiger partial charge < -0.3 is 24.5 Å². The number of hydrogen-bond donors (Lipinski definition) is 2. The molecule has 2 aromatic heterocycles. The summed E-state index contributed by atoms with van der Waals surface area (Å²) in [5.74, 6) is -3.38. The number of rotatable bonds is 9. The lowest BCUT2D eigenvalue weighted by atomic mass is 9.92. The zero-order valence-corrected chi connectivity index (χ0v) is 25.4. The van der Waals surface area contributed by atoms with Crippen molar-refractivity contribution in [1.82, 2.24) is 14.5 Å². The molecule has 2 N–H and O–H groups in total. The van der Waals surface area contributed by atoms with Crippen LogP contribution in [0.4, 0.5) is 14.5 Å². The van der Waals surface area contributed by atoms with Gasteiger partial charge in [-0.25, -0.2) is 8.78 Å². The normalized spacial score (nSPS) is 13.5. The number of aromatic nitrogens is 2. The second kappa shape index (κ2) is 13.7. The fourth-order valence-corrected chi connectivity index (χ4v) is 5.82. The van der Waals surface area contributed by atoms with E-state index in [4.69, 9.17) is 0 Å². The zero-order valence-electron chi connectivity index (χ0n) is 25.4. The molecule has 0 bridgehead atoms. The first-order valence-electron chi connectivity index (χ1n) is 15.2. The number of anilines is 1. The van der Waals surface area contributed by atoms with E-state index in [0.29, 0.717) is 37.3 Å². The molecule has 0 saturated carbocycles. The van der Waals surface area contributed by atoms with Gasteiger partial charge in [0.1, 0.15) is 17.4 Å². The summed E-state index contributed by atoms with van der Waals surface area (Å²) < 4.78 is 30.3. The van der Waals surface area contributed by atoms with E-state index in [1.54, 1.807) is 30.3 Å². The van der Waals surface area contributed by atoms with Crippen molar-refractivity contribution in [2.75, 3.05) is 31.1 Å². The molecule has 3 heterocycles. The van der Waals surface area contributed by atoms with E-state index in [1.165, 1.54) is 29.3 Å². The fraction of sp³-hybridized carbons (Fsp3) is 0.162. The van der Waals surface area contributed by atoms with E-state index in [9.17, 15) is 28.3 Å². The Bertz CT molecular complexity index is 1980. The molecule has 1 aliphatic heterocycles. The standard InChI is InChI=1S/C37H32F2N4O4/c38-28-9-7-25(8-10-28)21-27-24-40-36(46)35(31(27)22-26-5-1-2-6-32(26)39)33(44)23-34(45)37(47)43-19-17-42(18-20-43)30-13-11-29(12-14-30)41-15-3-4-16-41/h1-16,23-24,44H,17-22H2,(H,40,46). The number of aliphatic hydroxyl groups excluding tert-OH is 1. The van der Waals surface area contributed by atoms with Crippen LogP contribution in [0.25, 0.3) is 11.4 Å². The summed E-state index contributed by atoms with van der Waals surface area (Å²) in [6.45, 7) is 1.61. The Morgan fingerprint density at radius 1 is 0.787 bits per heavy atom. The number of nitrogens with zero attached hydrogens (tertiary/aromatic N) is 3. The highest BCUT2D eigenvalue weighted by Gasteiger charge is 2.27. The van der Waals surface area contributed by atoms with Crippen molar-refractivity contribution in [1.29, 1.82) is 0 Å². The Labute approximate surface area is 269 Å². The second-order valence-corrected chi connectivity index (χ2v) is 11.3. The largest absolute Gasteiger partial charge is 0.507 e. The van der Waals surface area contributed by atoms with Crippen LogP contribution in [-0.4, -0.2) is 57.4 Å². The summed E-state index contributed by atoms with van der Waals surface area (Å²) >= 11 is 0. The van der Waals surface area contributed by atoms with Crippen LogP contribution in [-0.2, 0) is 22.4 Å². The quantitative estimate of drug-likeness (QED) is 0.128. The van der Waals surface area contributed by atoms with Crippen molar-refractivity contribution >= 4 is 23.1 Å². The van der Waals surface area contributed by atoms with Crippen molar-refractivity contribution in [2.24, 2.45) is 0 Å². The van der Waals surface area contributed by atoms with Crippen LogP contribution in [0.15, 0.2) is 114 Å². The molecule has 1 saturated heterocycles. The topological polar surface area (TPSA) is 98.6 Å². The Hall–Kier alpha value is -5.77. The molecule has 0 unspecified atom stereocenters. The van der Waals surface area contributed by atoms with E-state index in [0.717, 1.165) is 17.5 Å². The molecule has 0 aliphatic carbocycles. The number of amides is 1. The highest BCUT2D eigenvalue weighted by molar-refractivity contribution is 6.41. The summed E-state index contributed by atoms with van der Waals surface area (Å²) in [6, 6.07) is 23.8. The number of hydrogen-bond acceptors (Lipinski definition) is 5. The van der Waals surface area contributed by atoms with Gasteiger partial charge in [0, 0.05) is 68.6 Å². The molecule has 1 amide bonds. The van der Waals surface area contributed by atoms with Crippen molar-refractivity contribution in [3.05, 3.63) is 159 Å². The molecule has 3 aromatic carbocycles. The summed E-state index contributed by atoms with van der Waals surface area (Å²) in [6.07, 6.45) is 6.30. The van der Waals surface area contributed by atoms with Gasteiger partial charge in [0.15, 0.2) is 0 Å². The Balaban J connectivity index is 1.20. The highest BCUT2D eigenvalue weighted by Crippen LogP contribution is 2.25. The molecule has 5 aromatic rings. The lowest BCUT2D eigenvalue weighted by molar-refractivity contribution is -0.142. The average molecular weight is 635 g/mol. The maximum atomic E-state index is 14.7. The van der Waals surface area contributed by atoms with Gasteiger partial charge in [-0.05, 0) is 83.3 Å². The van der Waals surface area contributed by atoms with Crippen molar-refractivity contribution in [3.63, 3.8) is 0 Å². The molecule has 1 fully saturated rings. The van der Waals surface area contributed by atoms with Crippen LogP contribution < -0.4 is 10.5 Å². The first kappa shape index (κ1) is 31.2. The monoisotopic (exact) mass is 634 g/mol. The third kappa shape index (κ3) is 7.06. The van der Waals surface area contributed by atoms with Crippen LogP contribution in [0, 0.1) is 11.6 Å². The minimum Gasteiger partial charge on any atom is -0.507 e. The predicted molar refractivity (Wildman–Crippen MR) is 176 cm³/mol. The Morgan fingerprint density at radius 2 is 1.45 bits per heavy atom. The summed E-state index contributed by atoms with van der Waals surface area (Å²) in [5, 5.41) is 11.2. The minimum absolute atomic E-state index is 0.0726. The molecular weight excluding hydrogens is 602 g/mol. The first-order chi connectivity index (χ1) is 22.8. The van der Waals surface area contributed by atoms with E-state index in [2.05, 4.69) is 9.88 Å². The third-order valence-electron chi connectivity index (χ3n) is 8.35. The number of halogens is 2. The van der Waals surface area contributed by atoms with Crippen molar-refractivity contribution in [2.45, 2.75) is 12.8 Å². The van der Waals surface area contributed by atoms with Crippen LogP contribution in [0.2, 0.25) is 0 Å². The van der Waals surface area contributed by atoms with Crippen LogP contribution in [0.5, 0.6) is 0 Å². The van der Waals surface area contributed by atoms with Crippen LogP contribution in [0.3, 0.4) is 0 Å². The van der Waals surface area contributed by atoms with E-state index < -0.39 is 34.6 Å². The number of pyridine rings is 1. The number of nitrogens with one attached hydrogen (secondary N) is 1. The number of carbonyl (C=O) groups is 2. The molecule has 0 radical (unpaired) electrons. The van der Waals surface area contributed by atoms with Gasteiger partial charge in [-0.1, -0.05) is 30.3 Å². The first-order valence-corrected chi connectivity index (χ1v) is 15.2. The predicted octanol–water partition coefficient (Wildman–Crippen LogP) is 5.44. The molecule has 6 rings (SSSR count). The SMILES string of the molecule is O=C(C=C(O)c1c(Cc2ccccc2F)c(Cc2ccc(F)cc2)c[nH]c1=O)C(=O)N1CCN(c2ccc(-n3cccc3)cc2)CC1. The second-order valence-electron chi connectivity index (χ2n) is 11.3. The maximum absolute atomic E-state index is 14.7. The van der Waals surface area contributed by atoms with Gasteiger partial charge >= 0.3 is 0 Å². The molecule has 0 atom stereocenters. The van der Waals surface area contributed by atoms with Crippen molar-refractivity contribution < 1.29 is 23.5 Å². The van der Waals surface area contributed by atoms with Gasteiger partial charge in [-0.15, -0.1) is 0 Å². The van der Waals surface area contributed by atoms with Gasteiger partial charge in [0.25, 0.3) is 11.5 Å². The molecule has 8 nitrogen and oxygen atoms in total. The van der Waals surface area contributed by atoms with Gasteiger partial charge in [-0.2, -0.15) is 0 Å². The van der Waals surface area contributed by atoms with Crippen molar-refractivity contribution in [3.8, 4) is 5.69 Å². The molecule has 47 heavy (non-hydrogen) atoms. The van der Waals surface area contributed by atoms with E-state index >= 15 is 0 Å². The average Bonchev–Trinajstić information content (AvgIpc) is 3.63. The van der Waals surface area contributed by atoms with Gasteiger partial charge in [0.2, 0.25) is 5.78 Å². The number of carbonyl (C=O) groups excluding carboxylic acids is 2. The molecular formula is C37H32F2N4O4. The maximum Gasteiger partial charge on any atom is 0.294 e. The lowest BCUT2D eigenvalue weighted by Crippen LogP contribution is -2.50. The smallest absolute Gasteiger partial charge is 0.294 e. The van der Waals surface area contributed by atoms with E-state index in [-0.39, 0.29) is 29.5 Å². The molecule has 1 aliphatic rings. The van der Waals surface area contributed by atoms with Gasteiger partial charge in [-0.3, -0.25) is 14.4 Å². The summed E-state index contributed by atoms with van der Waals surface area (Å²) in [5.41, 5.74) is 2.89. The Kier molecular flexibility index (Phi) is 9.10. The molecule has 0 spiro atoms. The number of ketones is 1. The Morgan fingerprint density at radius 3 is 2.13 bits per heavy atom. The van der Waals surface area contributed by atoms with Crippen LogP contribution in [0.1, 0.15) is 27.8 Å².